The lowest BCUT2D eigenvalue weighted by atomic mass is 9.99. The number of furan rings is 1. The van der Waals surface area contributed by atoms with Crippen molar-refractivity contribution in [3.05, 3.63) is 41.6 Å². The first-order valence-electron chi connectivity index (χ1n) is 6.23. The van der Waals surface area contributed by atoms with Gasteiger partial charge in [0.1, 0.15) is 5.76 Å². The molecule has 1 amide bonds. The van der Waals surface area contributed by atoms with Crippen LogP contribution in [0.1, 0.15) is 23.1 Å². The minimum Gasteiger partial charge on any atom is -0.479 e. The monoisotopic (exact) mass is 275 g/mol. The van der Waals surface area contributed by atoms with Gasteiger partial charge >= 0.3 is 5.97 Å². The summed E-state index contributed by atoms with van der Waals surface area (Å²) in [7, 11) is 0. The summed E-state index contributed by atoms with van der Waals surface area (Å²) in [5.74, 6) is -0.651. The number of H-pyrrole nitrogens is 1. The fourth-order valence-electron chi connectivity index (χ4n) is 2.50. The lowest BCUT2D eigenvalue weighted by Crippen LogP contribution is -2.43. The van der Waals surface area contributed by atoms with Crippen LogP contribution in [0.15, 0.2) is 29.0 Å². The molecule has 0 aliphatic carbocycles. The molecular weight excluding hydrogens is 262 g/mol. The zero-order chi connectivity index (χ0) is 14.1. The largest absolute Gasteiger partial charge is 0.479 e. The first-order chi connectivity index (χ1) is 9.66. The molecule has 0 saturated heterocycles. The number of carbonyl (C=O) groups is 2. The molecule has 0 spiro atoms. The van der Waals surface area contributed by atoms with E-state index in [2.05, 4.69) is 10.2 Å². The summed E-state index contributed by atoms with van der Waals surface area (Å²) in [6.45, 7) is 0.338. The molecule has 2 aromatic heterocycles. The Bertz CT molecular complexity index is 632. The van der Waals surface area contributed by atoms with Crippen molar-refractivity contribution in [2.24, 2.45) is 0 Å². The number of fused-ring (bicyclic) bond motifs is 1. The summed E-state index contributed by atoms with van der Waals surface area (Å²) < 4.78 is 5.25. The predicted molar refractivity (Wildman–Crippen MR) is 66.8 cm³/mol. The van der Waals surface area contributed by atoms with Crippen molar-refractivity contribution in [2.75, 3.05) is 6.54 Å². The standard InChI is InChI=1S/C13H13N3O4/c17-11(7-8-1-4-14-15-8)16-5-2-10-9(3-6-20-10)12(16)13(18)19/h1,3-4,6,12H,2,5,7H2,(H,14,15)(H,18,19). The first kappa shape index (κ1) is 12.5. The molecule has 3 heterocycles. The van der Waals surface area contributed by atoms with E-state index in [0.29, 0.717) is 30.0 Å². The maximum Gasteiger partial charge on any atom is 0.331 e. The van der Waals surface area contributed by atoms with E-state index < -0.39 is 12.0 Å². The molecule has 1 aliphatic rings. The number of amides is 1. The minimum atomic E-state index is -1.05. The summed E-state index contributed by atoms with van der Waals surface area (Å²) in [6.07, 6.45) is 3.66. The molecule has 0 fully saturated rings. The Kier molecular flexibility index (Phi) is 3.02. The zero-order valence-electron chi connectivity index (χ0n) is 10.6. The molecule has 7 nitrogen and oxygen atoms in total. The molecule has 0 saturated carbocycles. The number of carboxylic acids is 1. The molecule has 1 atom stereocenters. The number of aliphatic carboxylic acids is 1. The normalized spacial score (nSPS) is 17.8. The Morgan fingerprint density at radius 2 is 2.35 bits per heavy atom. The number of carbonyl (C=O) groups excluding carboxylic acids is 1. The SMILES string of the molecule is O=C(O)C1c2ccoc2CCN1C(=O)Cc1ccn[nH]1. The molecule has 3 rings (SSSR count). The van der Waals surface area contributed by atoms with Gasteiger partial charge in [0.15, 0.2) is 6.04 Å². The lowest BCUT2D eigenvalue weighted by molar-refractivity contribution is -0.151. The fourth-order valence-corrected chi connectivity index (χ4v) is 2.50. The summed E-state index contributed by atoms with van der Waals surface area (Å²) in [5.41, 5.74) is 1.22. The minimum absolute atomic E-state index is 0.108. The highest BCUT2D eigenvalue weighted by molar-refractivity contribution is 5.86. The first-order valence-corrected chi connectivity index (χ1v) is 6.23. The van der Waals surface area contributed by atoms with Gasteiger partial charge in [-0.3, -0.25) is 9.89 Å². The van der Waals surface area contributed by atoms with Gasteiger partial charge in [0.2, 0.25) is 5.91 Å². The molecule has 104 valence electrons. The number of hydrogen-bond acceptors (Lipinski definition) is 4. The van der Waals surface area contributed by atoms with Crippen LogP contribution in [0.4, 0.5) is 0 Å². The molecule has 0 aromatic carbocycles. The number of hydrogen-bond donors (Lipinski definition) is 2. The molecule has 0 bridgehead atoms. The average molecular weight is 275 g/mol. The predicted octanol–water partition coefficient (Wildman–Crippen LogP) is 0.756. The van der Waals surface area contributed by atoms with Crippen LogP contribution in [-0.4, -0.2) is 38.6 Å². The van der Waals surface area contributed by atoms with E-state index in [-0.39, 0.29) is 12.3 Å². The van der Waals surface area contributed by atoms with Crippen molar-refractivity contribution in [1.29, 1.82) is 0 Å². The van der Waals surface area contributed by atoms with Crippen molar-refractivity contribution < 1.29 is 19.1 Å². The van der Waals surface area contributed by atoms with Crippen molar-refractivity contribution >= 4 is 11.9 Å². The number of rotatable bonds is 3. The third-order valence-corrected chi connectivity index (χ3v) is 3.42. The van der Waals surface area contributed by atoms with Crippen LogP contribution in [0.25, 0.3) is 0 Å². The van der Waals surface area contributed by atoms with E-state index in [4.69, 9.17) is 4.42 Å². The number of nitrogens with one attached hydrogen (secondary N) is 1. The third-order valence-electron chi connectivity index (χ3n) is 3.42. The van der Waals surface area contributed by atoms with E-state index in [0.717, 1.165) is 0 Å². The number of carboxylic acid groups (broad SMARTS) is 1. The van der Waals surface area contributed by atoms with Crippen LogP contribution in [-0.2, 0) is 22.4 Å². The van der Waals surface area contributed by atoms with Crippen molar-refractivity contribution in [2.45, 2.75) is 18.9 Å². The van der Waals surface area contributed by atoms with Gasteiger partial charge in [-0.1, -0.05) is 0 Å². The number of nitrogens with zero attached hydrogens (tertiary/aromatic N) is 2. The van der Waals surface area contributed by atoms with Crippen LogP contribution in [0.3, 0.4) is 0 Å². The fraction of sp³-hybridized carbons (Fsp3) is 0.308. The maximum atomic E-state index is 12.3. The highest BCUT2D eigenvalue weighted by Crippen LogP contribution is 2.31. The highest BCUT2D eigenvalue weighted by Gasteiger charge is 2.37. The van der Waals surface area contributed by atoms with E-state index >= 15 is 0 Å². The van der Waals surface area contributed by atoms with E-state index in [1.165, 1.54) is 11.2 Å². The molecule has 1 unspecified atom stereocenters. The van der Waals surface area contributed by atoms with Gasteiger partial charge < -0.3 is 14.4 Å². The molecular formula is C13H13N3O4. The van der Waals surface area contributed by atoms with E-state index in [1.807, 2.05) is 0 Å². The Morgan fingerprint density at radius 1 is 1.50 bits per heavy atom. The Morgan fingerprint density at radius 3 is 3.05 bits per heavy atom. The van der Waals surface area contributed by atoms with Gasteiger partial charge in [-0.25, -0.2) is 4.79 Å². The van der Waals surface area contributed by atoms with E-state index in [9.17, 15) is 14.7 Å². The average Bonchev–Trinajstić information content (AvgIpc) is 3.06. The van der Waals surface area contributed by atoms with Gasteiger partial charge in [0.05, 0.1) is 12.7 Å². The van der Waals surface area contributed by atoms with E-state index in [1.54, 1.807) is 18.3 Å². The van der Waals surface area contributed by atoms with Crippen LogP contribution in [0.2, 0.25) is 0 Å². The van der Waals surface area contributed by atoms with Gasteiger partial charge in [-0.05, 0) is 12.1 Å². The molecule has 7 heteroatoms. The van der Waals surface area contributed by atoms with Gasteiger partial charge in [0, 0.05) is 30.4 Å². The van der Waals surface area contributed by atoms with Crippen molar-refractivity contribution in [3.8, 4) is 0 Å². The summed E-state index contributed by atoms with van der Waals surface area (Å²) in [5, 5.41) is 15.9. The van der Waals surface area contributed by atoms with Crippen molar-refractivity contribution in [3.63, 3.8) is 0 Å². The summed E-state index contributed by atoms with van der Waals surface area (Å²) in [4.78, 5) is 25.1. The summed E-state index contributed by atoms with van der Waals surface area (Å²) in [6, 6.07) is 2.33. The van der Waals surface area contributed by atoms with Gasteiger partial charge in [-0.15, -0.1) is 0 Å². The Labute approximate surface area is 114 Å². The van der Waals surface area contributed by atoms with Crippen LogP contribution >= 0.6 is 0 Å². The highest BCUT2D eigenvalue weighted by atomic mass is 16.4. The molecule has 20 heavy (non-hydrogen) atoms. The lowest BCUT2D eigenvalue weighted by Gasteiger charge is -2.32. The Balaban J connectivity index is 1.85. The smallest absolute Gasteiger partial charge is 0.331 e. The van der Waals surface area contributed by atoms with Gasteiger partial charge in [-0.2, -0.15) is 5.10 Å². The van der Waals surface area contributed by atoms with Gasteiger partial charge in [0.25, 0.3) is 0 Å². The quantitative estimate of drug-likeness (QED) is 0.861. The molecule has 0 radical (unpaired) electrons. The van der Waals surface area contributed by atoms with Crippen LogP contribution < -0.4 is 0 Å². The van der Waals surface area contributed by atoms with Crippen LogP contribution in [0, 0.1) is 0 Å². The summed E-state index contributed by atoms with van der Waals surface area (Å²) >= 11 is 0. The second-order valence-electron chi connectivity index (χ2n) is 4.64. The molecule has 2 aromatic rings. The number of aromatic nitrogens is 2. The second-order valence-corrected chi connectivity index (χ2v) is 4.64. The second kappa shape index (κ2) is 4.84. The zero-order valence-corrected chi connectivity index (χ0v) is 10.6. The molecule has 2 N–H and O–H groups in total. The van der Waals surface area contributed by atoms with Crippen LogP contribution in [0.5, 0.6) is 0 Å². The third kappa shape index (κ3) is 2.07. The number of aromatic amines is 1. The molecule has 1 aliphatic heterocycles. The maximum absolute atomic E-state index is 12.3. The Hall–Kier alpha value is -2.57. The topological polar surface area (TPSA) is 99.4 Å². The van der Waals surface area contributed by atoms with Crippen molar-refractivity contribution in [1.82, 2.24) is 15.1 Å².